The molecule has 2 aromatic carbocycles. The maximum Gasteiger partial charge on any atom is 0.416 e. The maximum atomic E-state index is 13.9. The van der Waals surface area contributed by atoms with Gasteiger partial charge in [-0.3, -0.25) is 4.79 Å². The van der Waals surface area contributed by atoms with Crippen LogP contribution in [0.2, 0.25) is 0 Å². The lowest BCUT2D eigenvalue weighted by atomic mass is 9.62. The summed E-state index contributed by atoms with van der Waals surface area (Å²) in [5.74, 6) is -0.168. The van der Waals surface area contributed by atoms with Crippen molar-refractivity contribution in [1.82, 2.24) is 10.2 Å². The number of rotatable bonds is 4. The van der Waals surface area contributed by atoms with E-state index in [0.717, 1.165) is 17.3 Å². The molecule has 0 fully saturated rings. The monoisotopic (exact) mass is 452 g/mol. The molecule has 5 nitrogen and oxygen atoms in total. The van der Waals surface area contributed by atoms with Gasteiger partial charge in [0.2, 0.25) is 0 Å². The summed E-state index contributed by atoms with van der Waals surface area (Å²) in [6.07, 6.45) is -2.38. The topological polar surface area (TPSA) is 57.1 Å². The van der Waals surface area contributed by atoms with E-state index in [2.05, 4.69) is 15.5 Å². The van der Waals surface area contributed by atoms with Gasteiger partial charge in [0.05, 0.1) is 22.8 Å². The molecule has 1 unspecified atom stereocenters. The van der Waals surface area contributed by atoms with Gasteiger partial charge in [-0.05, 0) is 23.6 Å². The minimum Gasteiger partial charge on any atom is -0.362 e. The Bertz CT molecular complexity index is 1190. The SMILES string of the molecule is CC[C@]1(c2cccc(C(F)(F)F)c2)C2=CN=NC2NC2=C1C(=O)N(Cc1ccccc1)CC2. The molecule has 3 aliphatic rings. The first kappa shape index (κ1) is 21.4. The largest absolute Gasteiger partial charge is 0.416 e. The van der Waals surface area contributed by atoms with Crippen LogP contribution in [-0.2, 0) is 22.9 Å². The molecule has 170 valence electrons. The van der Waals surface area contributed by atoms with E-state index in [0.29, 0.717) is 42.6 Å². The fourth-order valence-electron chi connectivity index (χ4n) is 5.21. The first-order valence-corrected chi connectivity index (χ1v) is 11.0. The van der Waals surface area contributed by atoms with Gasteiger partial charge in [-0.2, -0.15) is 23.4 Å². The molecule has 0 bridgehead atoms. The first-order valence-electron chi connectivity index (χ1n) is 11.0. The van der Waals surface area contributed by atoms with Gasteiger partial charge in [-0.25, -0.2) is 0 Å². The summed E-state index contributed by atoms with van der Waals surface area (Å²) in [7, 11) is 0. The third-order valence-corrected chi connectivity index (χ3v) is 6.77. The molecule has 1 amide bonds. The van der Waals surface area contributed by atoms with Gasteiger partial charge in [0.15, 0.2) is 6.17 Å². The Hall–Kier alpha value is -3.42. The summed E-state index contributed by atoms with van der Waals surface area (Å²) in [4.78, 5) is 15.7. The highest BCUT2D eigenvalue weighted by Gasteiger charge is 2.52. The Labute approximate surface area is 189 Å². The molecule has 3 aliphatic heterocycles. The van der Waals surface area contributed by atoms with Crippen LogP contribution >= 0.6 is 0 Å². The zero-order chi connectivity index (χ0) is 23.2. The summed E-state index contributed by atoms with van der Waals surface area (Å²) in [6, 6.07) is 15.0. The van der Waals surface area contributed by atoms with Crippen LogP contribution < -0.4 is 5.32 Å². The summed E-state index contributed by atoms with van der Waals surface area (Å²) in [5, 5.41) is 11.6. The maximum absolute atomic E-state index is 13.9. The molecule has 33 heavy (non-hydrogen) atoms. The number of nitrogens with zero attached hydrogens (tertiary/aromatic N) is 3. The molecule has 0 spiro atoms. The molecule has 0 saturated carbocycles. The van der Waals surface area contributed by atoms with Crippen molar-refractivity contribution in [3.05, 3.63) is 94.3 Å². The van der Waals surface area contributed by atoms with Crippen molar-refractivity contribution in [3.8, 4) is 0 Å². The highest BCUT2D eigenvalue weighted by Crippen LogP contribution is 2.51. The van der Waals surface area contributed by atoms with Crippen molar-refractivity contribution in [3.63, 3.8) is 0 Å². The zero-order valence-corrected chi connectivity index (χ0v) is 18.1. The molecule has 8 heteroatoms. The average molecular weight is 452 g/mol. The molecule has 0 saturated heterocycles. The molecular weight excluding hydrogens is 429 g/mol. The number of amides is 1. The van der Waals surface area contributed by atoms with Gasteiger partial charge in [-0.1, -0.05) is 55.5 Å². The van der Waals surface area contributed by atoms with Crippen LogP contribution in [-0.4, -0.2) is 23.5 Å². The third-order valence-electron chi connectivity index (χ3n) is 6.77. The number of carbonyl (C=O) groups excluding carboxylic acids is 1. The highest BCUT2D eigenvalue weighted by molar-refractivity contribution is 5.99. The lowest BCUT2D eigenvalue weighted by molar-refractivity contribution is -0.137. The van der Waals surface area contributed by atoms with Crippen molar-refractivity contribution in [2.75, 3.05) is 6.54 Å². The van der Waals surface area contributed by atoms with Gasteiger partial charge in [-0.15, -0.1) is 0 Å². The van der Waals surface area contributed by atoms with E-state index in [-0.39, 0.29) is 5.91 Å². The number of hydrogen-bond donors (Lipinski definition) is 1. The van der Waals surface area contributed by atoms with E-state index in [1.54, 1.807) is 17.2 Å². The van der Waals surface area contributed by atoms with Gasteiger partial charge in [0, 0.05) is 30.8 Å². The van der Waals surface area contributed by atoms with Crippen LogP contribution in [0, 0.1) is 0 Å². The normalized spacial score (nSPS) is 24.4. The van der Waals surface area contributed by atoms with Crippen molar-refractivity contribution >= 4 is 5.91 Å². The average Bonchev–Trinajstić information content (AvgIpc) is 3.29. The Morgan fingerprint density at radius 3 is 2.67 bits per heavy atom. The molecule has 5 rings (SSSR count). The first-order chi connectivity index (χ1) is 15.8. The van der Waals surface area contributed by atoms with E-state index < -0.39 is 23.3 Å². The number of azo groups is 1. The van der Waals surface area contributed by atoms with Crippen molar-refractivity contribution in [2.24, 2.45) is 10.2 Å². The fraction of sp³-hybridized carbons (Fsp3) is 0.320. The number of benzene rings is 2. The van der Waals surface area contributed by atoms with Gasteiger partial charge in [0.1, 0.15) is 0 Å². The van der Waals surface area contributed by atoms with Crippen molar-refractivity contribution < 1.29 is 18.0 Å². The fourth-order valence-corrected chi connectivity index (χ4v) is 5.21. The molecular formula is C25H23F3N4O. The van der Waals surface area contributed by atoms with Crippen LogP contribution in [0.4, 0.5) is 13.2 Å². The molecule has 2 atom stereocenters. The Morgan fingerprint density at radius 2 is 1.94 bits per heavy atom. The lowest BCUT2D eigenvalue weighted by Gasteiger charge is -2.47. The number of fused-ring (bicyclic) bond motifs is 1. The summed E-state index contributed by atoms with van der Waals surface area (Å²) in [6.45, 7) is 2.86. The van der Waals surface area contributed by atoms with Crippen molar-refractivity contribution in [2.45, 2.75) is 44.1 Å². The summed E-state index contributed by atoms with van der Waals surface area (Å²) in [5.41, 5.74) is 1.62. The molecule has 0 radical (unpaired) electrons. The van der Waals surface area contributed by atoms with Gasteiger partial charge < -0.3 is 10.2 Å². The van der Waals surface area contributed by atoms with E-state index in [4.69, 9.17) is 0 Å². The molecule has 0 aromatic heterocycles. The van der Waals surface area contributed by atoms with E-state index in [1.807, 2.05) is 37.3 Å². The van der Waals surface area contributed by atoms with Crippen LogP contribution in [0.1, 0.15) is 36.5 Å². The number of carbonyl (C=O) groups is 1. The number of alkyl halides is 3. The highest BCUT2D eigenvalue weighted by atomic mass is 19.4. The van der Waals surface area contributed by atoms with E-state index in [9.17, 15) is 18.0 Å². The van der Waals surface area contributed by atoms with Crippen LogP contribution in [0.15, 0.2) is 87.9 Å². The standard InChI is InChI=1S/C25H23F3N4O/c1-2-24(17-9-6-10-18(13-17)25(26,27)28)19-14-29-31-22(19)30-20-11-12-32(23(33)21(20)24)15-16-7-4-3-5-8-16/h3-10,13-14,22,30H,2,11-12,15H2,1H3/t22?,24-/m0/s1. The Kier molecular flexibility index (Phi) is 5.11. The van der Waals surface area contributed by atoms with Crippen LogP contribution in [0.3, 0.4) is 0 Å². The lowest BCUT2D eigenvalue weighted by Crippen LogP contribution is -2.54. The van der Waals surface area contributed by atoms with Gasteiger partial charge in [0.25, 0.3) is 5.91 Å². The van der Waals surface area contributed by atoms with E-state index in [1.165, 1.54) is 12.1 Å². The number of nitrogens with one attached hydrogen (secondary N) is 1. The number of halogens is 3. The van der Waals surface area contributed by atoms with E-state index >= 15 is 0 Å². The predicted octanol–water partition coefficient (Wildman–Crippen LogP) is 5.32. The zero-order valence-electron chi connectivity index (χ0n) is 18.1. The molecule has 2 aromatic rings. The summed E-state index contributed by atoms with van der Waals surface area (Å²) >= 11 is 0. The van der Waals surface area contributed by atoms with Gasteiger partial charge >= 0.3 is 6.18 Å². The minimum atomic E-state index is -4.48. The predicted molar refractivity (Wildman–Crippen MR) is 117 cm³/mol. The molecule has 1 N–H and O–H groups in total. The summed E-state index contributed by atoms with van der Waals surface area (Å²) < 4.78 is 40.8. The minimum absolute atomic E-state index is 0.168. The second-order valence-electron chi connectivity index (χ2n) is 8.52. The Morgan fingerprint density at radius 1 is 1.15 bits per heavy atom. The van der Waals surface area contributed by atoms with Crippen LogP contribution in [0.25, 0.3) is 0 Å². The second kappa shape index (κ2) is 7.86. The molecule has 0 aliphatic carbocycles. The van der Waals surface area contributed by atoms with Crippen LogP contribution in [0.5, 0.6) is 0 Å². The number of hydrogen-bond acceptors (Lipinski definition) is 4. The smallest absolute Gasteiger partial charge is 0.362 e. The second-order valence-corrected chi connectivity index (χ2v) is 8.52. The quantitative estimate of drug-likeness (QED) is 0.683. The molecule has 3 heterocycles. The third kappa shape index (κ3) is 3.44. The van der Waals surface area contributed by atoms with Crippen molar-refractivity contribution in [1.29, 1.82) is 0 Å². The Balaban J connectivity index is 1.65.